The van der Waals surface area contributed by atoms with E-state index in [-0.39, 0.29) is 0 Å². The van der Waals surface area contributed by atoms with Crippen LogP contribution in [0.15, 0.2) is 30.6 Å². The second-order valence-corrected chi connectivity index (χ2v) is 11.0. The van der Waals surface area contributed by atoms with Gasteiger partial charge in [0.05, 0.1) is 18.8 Å². The molecule has 3 aliphatic heterocycles. The molecular weight excluding hydrogens is 450 g/mol. The number of anilines is 1. The van der Waals surface area contributed by atoms with E-state index in [0.717, 1.165) is 86.8 Å². The Kier molecular flexibility index (Phi) is 4.73. The summed E-state index contributed by atoms with van der Waals surface area (Å²) in [6.45, 7) is 7.31. The maximum atomic E-state index is 6.42. The van der Waals surface area contributed by atoms with Gasteiger partial charge in [0, 0.05) is 61.0 Å². The van der Waals surface area contributed by atoms with Crippen LogP contribution >= 0.6 is 11.6 Å². The minimum atomic E-state index is 0.353. The Morgan fingerprint density at radius 1 is 1.09 bits per heavy atom. The third-order valence-corrected chi connectivity index (χ3v) is 8.24. The molecule has 5 heterocycles. The van der Waals surface area contributed by atoms with Crippen molar-refractivity contribution >= 4 is 17.5 Å². The number of hydrogen-bond donors (Lipinski definition) is 0. The normalized spacial score (nSPS) is 23.8. The Morgan fingerprint density at radius 3 is 2.68 bits per heavy atom. The maximum Gasteiger partial charge on any atom is 0.225 e. The Balaban J connectivity index is 1.14. The summed E-state index contributed by atoms with van der Waals surface area (Å²) in [5, 5.41) is 10.2. The molecule has 2 aromatic heterocycles. The van der Waals surface area contributed by atoms with Crippen molar-refractivity contribution in [2.75, 3.05) is 31.2 Å². The number of aromatic nitrogens is 5. The summed E-state index contributed by atoms with van der Waals surface area (Å²) in [7, 11) is 0. The molecule has 7 rings (SSSR count). The Labute approximate surface area is 203 Å². The van der Waals surface area contributed by atoms with Gasteiger partial charge in [-0.2, -0.15) is 0 Å². The Bertz CT molecular complexity index is 1220. The molecule has 2 saturated heterocycles. The van der Waals surface area contributed by atoms with Crippen LogP contribution in [0.1, 0.15) is 48.0 Å². The molecule has 0 amide bonds. The first-order valence-corrected chi connectivity index (χ1v) is 12.5. The fourth-order valence-electron chi connectivity index (χ4n) is 6.26. The second-order valence-electron chi connectivity index (χ2n) is 10.5. The van der Waals surface area contributed by atoms with E-state index in [2.05, 4.69) is 36.5 Å². The molecule has 8 nitrogen and oxygen atoms in total. The lowest BCUT2D eigenvalue weighted by molar-refractivity contribution is 0.0574. The molecule has 1 atom stereocenters. The molecule has 0 N–H and O–H groups in total. The maximum absolute atomic E-state index is 6.42. The number of ether oxygens (including phenoxy) is 1. The Morgan fingerprint density at radius 2 is 1.91 bits per heavy atom. The van der Waals surface area contributed by atoms with Crippen LogP contribution in [0.3, 0.4) is 0 Å². The molecule has 1 spiro atoms. The number of hydrogen-bond acceptors (Lipinski definition) is 7. The van der Waals surface area contributed by atoms with Crippen molar-refractivity contribution in [3.8, 4) is 5.69 Å². The molecule has 0 radical (unpaired) electrons. The summed E-state index contributed by atoms with van der Waals surface area (Å²) >= 11 is 6.42. The summed E-state index contributed by atoms with van der Waals surface area (Å²) in [6, 6.07) is 6.63. The van der Waals surface area contributed by atoms with Crippen LogP contribution in [-0.2, 0) is 17.8 Å². The zero-order chi connectivity index (χ0) is 22.9. The first kappa shape index (κ1) is 20.8. The van der Waals surface area contributed by atoms with Gasteiger partial charge in [-0.1, -0.05) is 11.6 Å². The van der Waals surface area contributed by atoms with Crippen molar-refractivity contribution in [2.45, 2.75) is 51.2 Å². The van der Waals surface area contributed by atoms with E-state index in [1.165, 1.54) is 11.3 Å². The van der Waals surface area contributed by atoms with Gasteiger partial charge >= 0.3 is 0 Å². The van der Waals surface area contributed by atoms with Crippen LogP contribution in [0.2, 0.25) is 5.02 Å². The van der Waals surface area contributed by atoms with Crippen LogP contribution in [0.25, 0.3) is 5.69 Å². The van der Waals surface area contributed by atoms with Crippen molar-refractivity contribution in [3.05, 3.63) is 58.4 Å². The van der Waals surface area contributed by atoms with Crippen molar-refractivity contribution in [1.29, 1.82) is 0 Å². The second kappa shape index (κ2) is 7.73. The molecular formula is C25H28ClN7O. The molecule has 176 valence electrons. The number of nitrogens with zero attached hydrogens (tertiary/aromatic N) is 7. The molecule has 1 aliphatic carbocycles. The first-order valence-electron chi connectivity index (χ1n) is 12.2. The highest BCUT2D eigenvalue weighted by Gasteiger charge is 2.54. The van der Waals surface area contributed by atoms with Gasteiger partial charge in [-0.05, 0) is 55.5 Å². The number of aryl methyl sites for hydroxylation is 1. The standard InChI is InChI=1S/C25H28ClN7O/c1-16-9-27-24(28-10-16)32-14-25(15-32)7-18(8-25)23-30-29-22-12-31(20-4-5-34-13-20)11-17-6-19(26)2-3-21(17)33(22)23/h2-3,6,9-10,18,20H,4-5,7-8,11-15H2,1H3/t20-/m0/s1. The van der Waals surface area contributed by atoms with Crippen LogP contribution in [0.5, 0.6) is 0 Å². The van der Waals surface area contributed by atoms with E-state index in [0.29, 0.717) is 17.4 Å². The number of rotatable bonds is 3. The fraction of sp³-hybridized carbons (Fsp3) is 0.520. The average Bonchev–Trinajstić information content (AvgIpc) is 3.41. The molecule has 0 unspecified atom stereocenters. The molecule has 1 saturated carbocycles. The van der Waals surface area contributed by atoms with Crippen LogP contribution in [-0.4, -0.2) is 62.0 Å². The summed E-state index contributed by atoms with van der Waals surface area (Å²) < 4.78 is 8.00. The van der Waals surface area contributed by atoms with Gasteiger partial charge in [0.15, 0.2) is 5.82 Å². The van der Waals surface area contributed by atoms with E-state index >= 15 is 0 Å². The highest BCUT2D eigenvalue weighted by Crippen LogP contribution is 2.56. The topological polar surface area (TPSA) is 72.2 Å². The monoisotopic (exact) mass is 477 g/mol. The fourth-order valence-corrected chi connectivity index (χ4v) is 6.46. The number of benzene rings is 1. The largest absolute Gasteiger partial charge is 0.380 e. The number of halogens is 1. The summed E-state index contributed by atoms with van der Waals surface area (Å²) in [5.74, 6) is 3.39. The third kappa shape index (κ3) is 3.34. The molecule has 3 aromatic rings. The van der Waals surface area contributed by atoms with Gasteiger partial charge in [0.2, 0.25) is 5.95 Å². The molecule has 1 aromatic carbocycles. The highest BCUT2D eigenvalue weighted by atomic mass is 35.5. The van der Waals surface area contributed by atoms with E-state index in [1.807, 2.05) is 25.4 Å². The highest BCUT2D eigenvalue weighted by molar-refractivity contribution is 6.30. The van der Waals surface area contributed by atoms with Crippen molar-refractivity contribution < 1.29 is 4.74 Å². The Hall–Kier alpha value is -2.55. The lowest BCUT2D eigenvalue weighted by Gasteiger charge is -2.58. The predicted octanol–water partition coefficient (Wildman–Crippen LogP) is 3.51. The summed E-state index contributed by atoms with van der Waals surface area (Å²) in [5.41, 5.74) is 3.85. The van der Waals surface area contributed by atoms with Gasteiger partial charge in [-0.25, -0.2) is 9.97 Å². The third-order valence-electron chi connectivity index (χ3n) is 8.00. The predicted molar refractivity (Wildman–Crippen MR) is 128 cm³/mol. The zero-order valence-electron chi connectivity index (χ0n) is 19.3. The molecule has 34 heavy (non-hydrogen) atoms. The zero-order valence-corrected chi connectivity index (χ0v) is 20.1. The minimum absolute atomic E-state index is 0.353. The lowest BCUT2D eigenvalue weighted by Crippen LogP contribution is -2.62. The SMILES string of the molecule is Cc1cnc(N2CC3(CC(c4nnc5n4-c4ccc(Cl)cc4CN([C@H]4CCOC4)C5)C3)C2)nc1. The van der Waals surface area contributed by atoms with E-state index in [9.17, 15) is 0 Å². The number of fused-ring (bicyclic) bond motifs is 3. The van der Waals surface area contributed by atoms with Crippen LogP contribution in [0, 0.1) is 12.3 Å². The molecule has 0 bridgehead atoms. The quantitative estimate of drug-likeness (QED) is 0.571. The van der Waals surface area contributed by atoms with Crippen molar-refractivity contribution in [1.82, 2.24) is 29.6 Å². The van der Waals surface area contributed by atoms with Crippen molar-refractivity contribution in [2.24, 2.45) is 5.41 Å². The molecule has 3 fully saturated rings. The first-order chi connectivity index (χ1) is 16.6. The van der Waals surface area contributed by atoms with Gasteiger partial charge in [-0.3, -0.25) is 9.47 Å². The summed E-state index contributed by atoms with van der Waals surface area (Å²) in [4.78, 5) is 13.8. The minimum Gasteiger partial charge on any atom is -0.380 e. The smallest absolute Gasteiger partial charge is 0.225 e. The summed E-state index contributed by atoms with van der Waals surface area (Å²) in [6.07, 6.45) is 7.12. The van der Waals surface area contributed by atoms with Gasteiger partial charge in [0.1, 0.15) is 5.82 Å². The van der Waals surface area contributed by atoms with Gasteiger partial charge in [0.25, 0.3) is 0 Å². The molecule has 9 heteroatoms. The lowest BCUT2D eigenvalue weighted by atomic mass is 9.57. The van der Waals surface area contributed by atoms with E-state index in [1.54, 1.807) is 0 Å². The van der Waals surface area contributed by atoms with Crippen LogP contribution < -0.4 is 4.90 Å². The average molecular weight is 478 g/mol. The van der Waals surface area contributed by atoms with Gasteiger partial charge in [-0.15, -0.1) is 10.2 Å². The van der Waals surface area contributed by atoms with Gasteiger partial charge < -0.3 is 9.64 Å². The molecule has 4 aliphatic rings. The van der Waals surface area contributed by atoms with E-state index < -0.39 is 0 Å². The van der Waals surface area contributed by atoms with Crippen molar-refractivity contribution in [3.63, 3.8) is 0 Å². The van der Waals surface area contributed by atoms with Crippen LogP contribution in [0.4, 0.5) is 5.95 Å². The van der Waals surface area contributed by atoms with E-state index in [4.69, 9.17) is 26.5 Å².